The standard InChI is InChI=1S/C17H16N2O8S/c20-17(21)10-13(12-3-1-2-4-14(12)19(22)23)18-28(24,25)11-5-6-15-16(9-11)27-8-7-26-15/h1-6,9,13,18H,7-8,10H2,(H,20,21)/t13-/m1/s1. The molecule has 2 aromatic rings. The smallest absolute Gasteiger partial charge is 0.305 e. The lowest BCUT2D eigenvalue weighted by atomic mass is 10.0. The summed E-state index contributed by atoms with van der Waals surface area (Å²) in [5, 5.41) is 20.4. The Morgan fingerprint density at radius 2 is 1.86 bits per heavy atom. The molecule has 1 heterocycles. The summed E-state index contributed by atoms with van der Waals surface area (Å²) in [6, 6.07) is 8.02. The molecule has 0 radical (unpaired) electrons. The third kappa shape index (κ3) is 4.21. The molecule has 0 fully saturated rings. The van der Waals surface area contributed by atoms with Gasteiger partial charge in [-0.25, -0.2) is 13.1 Å². The normalized spacial score (nSPS) is 14.3. The minimum absolute atomic E-state index is 0.0454. The van der Waals surface area contributed by atoms with Crippen molar-refractivity contribution in [3.05, 3.63) is 58.1 Å². The number of nitro groups is 1. The first-order chi connectivity index (χ1) is 13.3. The number of carboxylic acids is 1. The van der Waals surface area contributed by atoms with E-state index in [1.807, 2.05) is 0 Å². The summed E-state index contributed by atoms with van der Waals surface area (Å²) in [6.07, 6.45) is -0.672. The lowest BCUT2D eigenvalue weighted by molar-refractivity contribution is -0.385. The van der Waals surface area contributed by atoms with Gasteiger partial charge in [0.15, 0.2) is 11.5 Å². The molecule has 10 nitrogen and oxygen atoms in total. The summed E-state index contributed by atoms with van der Waals surface area (Å²) in [5.41, 5.74) is -0.422. The van der Waals surface area contributed by atoms with E-state index in [1.165, 1.54) is 42.5 Å². The fraction of sp³-hybridized carbons (Fsp3) is 0.235. The van der Waals surface area contributed by atoms with Crippen LogP contribution in [0.3, 0.4) is 0 Å². The second kappa shape index (κ2) is 7.82. The van der Waals surface area contributed by atoms with E-state index in [0.29, 0.717) is 12.4 Å². The molecular weight excluding hydrogens is 392 g/mol. The number of benzene rings is 2. The first kappa shape index (κ1) is 19.6. The van der Waals surface area contributed by atoms with Crippen molar-refractivity contribution in [2.45, 2.75) is 17.4 Å². The fourth-order valence-corrected chi connectivity index (χ4v) is 4.01. The Kier molecular flexibility index (Phi) is 5.47. The van der Waals surface area contributed by atoms with E-state index in [2.05, 4.69) is 4.72 Å². The van der Waals surface area contributed by atoms with Crippen LogP contribution in [0.4, 0.5) is 5.69 Å². The van der Waals surface area contributed by atoms with E-state index in [1.54, 1.807) is 0 Å². The number of nitro benzene ring substituents is 1. The van der Waals surface area contributed by atoms with Crippen molar-refractivity contribution in [2.24, 2.45) is 0 Å². The molecule has 0 unspecified atom stereocenters. The number of hydrogen-bond donors (Lipinski definition) is 2. The summed E-state index contributed by atoms with van der Waals surface area (Å²) in [7, 11) is -4.20. The Balaban J connectivity index is 1.97. The van der Waals surface area contributed by atoms with Crippen LogP contribution in [0, 0.1) is 10.1 Å². The number of carbonyl (C=O) groups is 1. The van der Waals surface area contributed by atoms with Crippen LogP contribution in [0.5, 0.6) is 11.5 Å². The molecule has 3 rings (SSSR count). The van der Waals surface area contributed by atoms with E-state index in [4.69, 9.17) is 14.6 Å². The number of hydrogen-bond acceptors (Lipinski definition) is 7. The minimum atomic E-state index is -4.20. The largest absolute Gasteiger partial charge is 0.486 e. The topological polar surface area (TPSA) is 145 Å². The lowest BCUT2D eigenvalue weighted by Crippen LogP contribution is -2.31. The van der Waals surface area contributed by atoms with Gasteiger partial charge in [-0.2, -0.15) is 0 Å². The predicted molar refractivity (Wildman–Crippen MR) is 95.8 cm³/mol. The van der Waals surface area contributed by atoms with Gasteiger partial charge >= 0.3 is 5.97 Å². The molecule has 2 aromatic carbocycles. The first-order valence-corrected chi connectivity index (χ1v) is 9.63. The van der Waals surface area contributed by atoms with Crippen molar-refractivity contribution in [1.82, 2.24) is 4.72 Å². The Hall–Kier alpha value is -3.18. The maximum absolute atomic E-state index is 12.8. The molecule has 0 amide bonds. The zero-order valence-electron chi connectivity index (χ0n) is 14.4. The van der Waals surface area contributed by atoms with Crippen molar-refractivity contribution in [2.75, 3.05) is 13.2 Å². The van der Waals surface area contributed by atoms with Crippen LogP contribution in [-0.4, -0.2) is 37.6 Å². The SMILES string of the molecule is O=C(O)C[C@@H](NS(=O)(=O)c1ccc2c(c1)OCCO2)c1ccccc1[N+](=O)[O-]. The second-order valence-corrected chi connectivity index (χ2v) is 7.61. The van der Waals surface area contributed by atoms with Crippen molar-refractivity contribution in [3.63, 3.8) is 0 Å². The first-order valence-electron chi connectivity index (χ1n) is 8.15. The van der Waals surface area contributed by atoms with Gasteiger partial charge in [0, 0.05) is 17.7 Å². The maximum atomic E-state index is 12.8. The number of carboxylic acid groups (broad SMARTS) is 1. The molecule has 1 atom stereocenters. The summed E-state index contributed by atoms with van der Waals surface area (Å²) in [4.78, 5) is 21.6. The quantitative estimate of drug-likeness (QED) is 0.521. The summed E-state index contributed by atoms with van der Waals surface area (Å²) < 4.78 is 38.5. The number of ether oxygens (including phenoxy) is 2. The molecule has 1 aliphatic rings. The molecule has 0 aromatic heterocycles. The van der Waals surface area contributed by atoms with Crippen LogP contribution in [0.15, 0.2) is 47.4 Å². The molecular formula is C17H16N2O8S. The number of fused-ring (bicyclic) bond motifs is 1. The predicted octanol–water partition coefficient (Wildman–Crippen LogP) is 1.86. The zero-order valence-corrected chi connectivity index (χ0v) is 15.2. The highest BCUT2D eigenvalue weighted by molar-refractivity contribution is 7.89. The van der Waals surface area contributed by atoms with Crippen LogP contribution in [0.2, 0.25) is 0 Å². The Morgan fingerprint density at radius 3 is 2.54 bits per heavy atom. The van der Waals surface area contributed by atoms with E-state index < -0.39 is 33.4 Å². The van der Waals surface area contributed by atoms with E-state index in [9.17, 15) is 23.3 Å². The molecule has 0 saturated heterocycles. The molecule has 0 bridgehead atoms. The third-order valence-corrected chi connectivity index (χ3v) is 5.48. The Morgan fingerprint density at radius 1 is 1.18 bits per heavy atom. The van der Waals surface area contributed by atoms with Crippen molar-refractivity contribution in [1.29, 1.82) is 0 Å². The van der Waals surface area contributed by atoms with Crippen LogP contribution in [-0.2, 0) is 14.8 Å². The van der Waals surface area contributed by atoms with Gasteiger partial charge in [-0.05, 0) is 12.1 Å². The van der Waals surface area contributed by atoms with Gasteiger partial charge in [0.25, 0.3) is 5.69 Å². The Bertz CT molecular complexity index is 1020. The fourth-order valence-electron chi connectivity index (χ4n) is 2.78. The van der Waals surface area contributed by atoms with Gasteiger partial charge in [0.05, 0.1) is 22.3 Å². The molecule has 1 aliphatic heterocycles. The second-order valence-electron chi connectivity index (χ2n) is 5.89. The summed E-state index contributed by atoms with van der Waals surface area (Å²) in [6.45, 7) is 0.609. The van der Waals surface area contributed by atoms with Crippen LogP contribution >= 0.6 is 0 Å². The number of aliphatic carboxylic acids is 1. The molecule has 11 heteroatoms. The van der Waals surface area contributed by atoms with Crippen molar-refractivity contribution >= 4 is 21.7 Å². The highest BCUT2D eigenvalue weighted by Gasteiger charge is 2.29. The number of rotatable bonds is 7. The van der Waals surface area contributed by atoms with E-state index in [0.717, 1.165) is 0 Å². The van der Waals surface area contributed by atoms with Crippen LogP contribution in [0.25, 0.3) is 0 Å². The molecule has 0 saturated carbocycles. The molecule has 148 valence electrons. The maximum Gasteiger partial charge on any atom is 0.305 e. The van der Waals surface area contributed by atoms with Crippen molar-refractivity contribution in [3.8, 4) is 11.5 Å². The zero-order chi connectivity index (χ0) is 20.3. The highest BCUT2D eigenvalue weighted by atomic mass is 32.2. The van der Waals surface area contributed by atoms with E-state index >= 15 is 0 Å². The van der Waals surface area contributed by atoms with Crippen molar-refractivity contribution < 1.29 is 32.7 Å². The van der Waals surface area contributed by atoms with E-state index in [-0.39, 0.29) is 28.5 Å². The number of nitrogens with one attached hydrogen (secondary N) is 1. The number of para-hydroxylation sites is 1. The molecule has 2 N–H and O–H groups in total. The van der Waals surface area contributed by atoms with Gasteiger partial charge in [-0.15, -0.1) is 0 Å². The lowest BCUT2D eigenvalue weighted by Gasteiger charge is -2.20. The molecule has 0 spiro atoms. The van der Waals surface area contributed by atoms with Gasteiger partial charge in [0.2, 0.25) is 10.0 Å². The third-order valence-electron chi connectivity index (χ3n) is 4.01. The average molecular weight is 408 g/mol. The minimum Gasteiger partial charge on any atom is -0.486 e. The molecule has 0 aliphatic carbocycles. The Labute approximate surface area is 159 Å². The average Bonchev–Trinajstić information content (AvgIpc) is 2.66. The van der Waals surface area contributed by atoms with Gasteiger partial charge in [0.1, 0.15) is 13.2 Å². The monoisotopic (exact) mass is 408 g/mol. The summed E-state index contributed by atoms with van der Waals surface area (Å²) in [5.74, 6) is -0.673. The van der Waals surface area contributed by atoms with Gasteiger partial charge in [-0.3, -0.25) is 14.9 Å². The number of nitrogens with zero attached hydrogens (tertiary/aromatic N) is 1. The van der Waals surface area contributed by atoms with Gasteiger partial charge < -0.3 is 14.6 Å². The van der Waals surface area contributed by atoms with Crippen LogP contribution in [0.1, 0.15) is 18.0 Å². The van der Waals surface area contributed by atoms with Crippen LogP contribution < -0.4 is 14.2 Å². The highest BCUT2D eigenvalue weighted by Crippen LogP contribution is 2.33. The number of sulfonamides is 1. The van der Waals surface area contributed by atoms with Gasteiger partial charge in [-0.1, -0.05) is 18.2 Å². The summed E-state index contributed by atoms with van der Waals surface area (Å²) >= 11 is 0. The molecule has 28 heavy (non-hydrogen) atoms.